The Bertz CT molecular complexity index is 315. The molecule has 5 nitrogen and oxygen atoms in total. The molecular weight excluding hydrogens is 252 g/mol. The lowest BCUT2D eigenvalue weighted by Gasteiger charge is -2.29. The zero-order valence-corrected chi connectivity index (χ0v) is 12.2. The molecule has 18 heavy (non-hydrogen) atoms. The van der Waals surface area contributed by atoms with E-state index in [1.165, 1.54) is 0 Å². The van der Waals surface area contributed by atoms with Crippen LogP contribution in [0.15, 0.2) is 0 Å². The summed E-state index contributed by atoms with van der Waals surface area (Å²) in [4.78, 5) is 11.5. The van der Waals surface area contributed by atoms with Crippen LogP contribution in [0, 0.1) is 0 Å². The van der Waals surface area contributed by atoms with Crippen LogP contribution in [0.3, 0.4) is 0 Å². The fraction of sp³-hybridized carbons (Fsp3) is 0.833. The molecule has 0 aromatic rings. The molecule has 0 aromatic carbocycles. The van der Waals surface area contributed by atoms with Gasteiger partial charge in [0.25, 0.3) is 0 Å². The molecule has 1 aliphatic rings. The molecule has 6 heteroatoms. The molecule has 1 rings (SSSR count). The molecule has 0 saturated carbocycles. The molecule has 1 aliphatic heterocycles. The lowest BCUT2D eigenvalue weighted by Crippen LogP contribution is -2.48. The van der Waals surface area contributed by atoms with Crippen LogP contribution in [0.2, 0.25) is 0 Å². The van der Waals surface area contributed by atoms with E-state index in [-0.39, 0.29) is 12.1 Å². The Labute approximate surface area is 114 Å². The van der Waals surface area contributed by atoms with E-state index in [1.54, 1.807) is 0 Å². The van der Waals surface area contributed by atoms with Gasteiger partial charge in [-0.25, -0.2) is 4.79 Å². The lowest BCUT2D eigenvalue weighted by molar-refractivity contribution is 0.0166. The average Bonchev–Trinajstić information content (AvgIpc) is 2.13. The summed E-state index contributed by atoms with van der Waals surface area (Å²) >= 11 is 5.08. The Morgan fingerprint density at radius 3 is 2.67 bits per heavy atom. The molecule has 0 aliphatic carbocycles. The third-order valence-electron chi connectivity index (χ3n) is 2.43. The van der Waals surface area contributed by atoms with E-state index < -0.39 is 11.7 Å². The van der Waals surface area contributed by atoms with E-state index >= 15 is 0 Å². The Morgan fingerprint density at radius 2 is 2.11 bits per heavy atom. The van der Waals surface area contributed by atoms with Gasteiger partial charge in [0.15, 0.2) is 5.11 Å². The third kappa shape index (κ3) is 6.16. The topological polar surface area (TPSA) is 59.6 Å². The van der Waals surface area contributed by atoms with E-state index in [0.29, 0.717) is 11.7 Å². The maximum absolute atomic E-state index is 11.5. The number of carbonyl (C=O) groups is 1. The van der Waals surface area contributed by atoms with Crippen molar-refractivity contribution in [3.8, 4) is 0 Å². The number of amides is 1. The first-order valence-electron chi connectivity index (χ1n) is 6.18. The molecule has 2 N–H and O–H groups in total. The first-order chi connectivity index (χ1) is 8.26. The predicted octanol–water partition coefficient (Wildman–Crippen LogP) is 1.95. The number of alkyl carbamates (subject to hydrolysis) is 1. The van der Waals surface area contributed by atoms with Crippen LogP contribution in [0.1, 0.15) is 40.5 Å². The molecule has 0 spiro atoms. The second-order valence-electron chi connectivity index (χ2n) is 5.50. The first-order valence-corrected chi connectivity index (χ1v) is 6.59. The number of rotatable bonds is 1. The van der Waals surface area contributed by atoms with Gasteiger partial charge in [0.2, 0.25) is 0 Å². The van der Waals surface area contributed by atoms with Gasteiger partial charge in [-0.1, -0.05) is 0 Å². The highest BCUT2D eigenvalue weighted by Gasteiger charge is 2.21. The summed E-state index contributed by atoms with van der Waals surface area (Å²) in [5.41, 5.74) is -0.521. The Morgan fingerprint density at radius 1 is 1.44 bits per heavy atom. The second kappa shape index (κ2) is 6.33. The monoisotopic (exact) mass is 274 g/mol. The van der Waals surface area contributed by atoms with Crippen molar-refractivity contribution < 1.29 is 14.3 Å². The van der Waals surface area contributed by atoms with E-state index in [0.717, 1.165) is 12.8 Å². The lowest BCUT2D eigenvalue weighted by atomic mass is 10.1. The van der Waals surface area contributed by atoms with Crippen LogP contribution < -0.4 is 10.6 Å². The third-order valence-corrected chi connectivity index (χ3v) is 2.65. The number of carbonyl (C=O) groups excluding carboxylic acids is 1. The van der Waals surface area contributed by atoms with Gasteiger partial charge in [0.05, 0.1) is 6.10 Å². The highest BCUT2D eigenvalue weighted by Crippen LogP contribution is 2.13. The van der Waals surface area contributed by atoms with Gasteiger partial charge in [0.1, 0.15) is 5.60 Å². The predicted molar refractivity (Wildman–Crippen MR) is 73.5 cm³/mol. The molecule has 1 saturated heterocycles. The Hall–Kier alpha value is -0.880. The number of hydrogen-bond donors (Lipinski definition) is 2. The minimum atomic E-state index is -0.528. The molecule has 1 fully saturated rings. The minimum Gasteiger partial charge on any atom is -0.444 e. The van der Waals surface area contributed by atoms with Crippen LogP contribution in [0.4, 0.5) is 4.79 Å². The van der Waals surface area contributed by atoms with Crippen molar-refractivity contribution in [1.82, 2.24) is 10.6 Å². The quantitative estimate of drug-likeness (QED) is 0.716. The minimum absolute atomic E-state index is 0.223. The van der Waals surface area contributed by atoms with E-state index in [1.807, 2.05) is 27.7 Å². The molecule has 1 heterocycles. The molecule has 0 unspecified atom stereocenters. The van der Waals surface area contributed by atoms with Crippen molar-refractivity contribution in [1.29, 1.82) is 0 Å². The number of nitrogens with one attached hydrogen (secondary N) is 2. The zero-order valence-electron chi connectivity index (χ0n) is 11.4. The first kappa shape index (κ1) is 15.2. The summed E-state index contributed by atoms with van der Waals surface area (Å²) in [6.45, 7) is 8.17. The van der Waals surface area contributed by atoms with Crippen molar-refractivity contribution in [3.63, 3.8) is 0 Å². The van der Waals surface area contributed by atoms with Gasteiger partial charge in [-0.2, -0.15) is 0 Å². The maximum Gasteiger partial charge on any atom is 0.413 e. The summed E-state index contributed by atoms with van der Waals surface area (Å²) < 4.78 is 10.6. The fourth-order valence-electron chi connectivity index (χ4n) is 1.75. The summed E-state index contributed by atoms with van der Waals surface area (Å²) in [7, 11) is 0. The van der Waals surface area contributed by atoms with Crippen LogP contribution in [-0.2, 0) is 9.47 Å². The summed E-state index contributed by atoms with van der Waals surface area (Å²) in [5, 5.41) is 5.93. The number of thiocarbonyl (C=S) groups is 1. The van der Waals surface area contributed by atoms with Gasteiger partial charge in [-0.05, 0) is 52.8 Å². The van der Waals surface area contributed by atoms with Crippen LogP contribution in [0.5, 0.6) is 0 Å². The standard InChI is InChI=1S/C12H22N2O3S/c1-8-7-9(5-6-16-8)13-10(18)14-11(15)17-12(2,3)4/h8-9H,5-7H2,1-4H3,(H2,13,14,15,18)/t8-,9-/m0/s1. The van der Waals surface area contributed by atoms with Gasteiger partial charge >= 0.3 is 6.09 Å². The van der Waals surface area contributed by atoms with Crippen molar-refractivity contribution in [2.24, 2.45) is 0 Å². The summed E-state index contributed by atoms with van der Waals surface area (Å²) in [5.74, 6) is 0. The van der Waals surface area contributed by atoms with E-state index in [4.69, 9.17) is 21.7 Å². The van der Waals surface area contributed by atoms with Crippen LogP contribution in [0.25, 0.3) is 0 Å². The van der Waals surface area contributed by atoms with Crippen LogP contribution >= 0.6 is 12.2 Å². The van der Waals surface area contributed by atoms with Gasteiger partial charge < -0.3 is 14.8 Å². The molecule has 2 atom stereocenters. The zero-order chi connectivity index (χ0) is 13.8. The summed E-state index contributed by atoms with van der Waals surface area (Å²) in [6, 6.07) is 0.246. The largest absolute Gasteiger partial charge is 0.444 e. The van der Waals surface area contributed by atoms with Crippen LogP contribution in [-0.4, -0.2) is 35.6 Å². The van der Waals surface area contributed by atoms with Crippen molar-refractivity contribution in [2.45, 2.75) is 58.3 Å². The maximum atomic E-state index is 11.5. The van der Waals surface area contributed by atoms with Crippen molar-refractivity contribution in [2.75, 3.05) is 6.61 Å². The smallest absolute Gasteiger partial charge is 0.413 e. The molecule has 1 amide bonds. The van der Waals surface area contributed by atoms with Crippen molar-refractivity contribution in [3.05, 3.63) is 0 Å². The molecule has 0 aromatic heterocycles. The highest BCUT2D eigenvalue weighted by molar-refractivity contribution is 7.80. The second-order valence-corrected chi connectivity index (χ2v) is 5.91. The Balaban J connectivity index is 2.30. The van der Waals surface area contributed by atoms with Gasteiger partial charge in [-0.15, -0.1) is 0 Å². The number of hydrogen-bond acceptors (Lipinski definition) is 4. The fourth-order valence-corrected chi connectivity index (χ4v) is 2.00. The normalized spacial score (nSPS) is 24.2. The van der Waals surface area contributed by atoms with Gasteiger partial charge in [0, 0.05) is 12.6 Å². The average molecular weight is 274 g/mol. The van der Waals surface area contributed by atoms with E-state index in [9.17, 15) is 4.79 Å². The molecule has 104 valence electrons. The molecule has 0 radical (unpaired) electrons. The SMILES string of the molecule is C[C@H]1C[C@@H](NC(=S)NC(=O)OC(C)(C)C)CCO1. The Kier molecular flexibility index (Phi) is 5.34. The van der Waals surface area contributed by atoms with E-state index in [2.05, 4.69) is 10.6 Å². The molecular formula is C12H22N2O3S. The van der Waals surface area contributed by atoms with Crippen molar-refractivity contribution >= 4 is 23.4 Å². The summed E-state index contributed by atoms with van der Waals surface area (Å²) in [6.07, 6.45) is 1.47. The highest BCUT2D eigenvalue weighted by atomic mass is 32.1. The van der Waals surface area contributed by atoms with Gasteiger partial charge in [-0.3, -0.25) is 5.32 Å². The number of ether oxygens (including phenoxy) is 2. The molecule has 0 bridgehead atoms.